The third kappa shape index (κ3) is 3.74. The van der Waals surface area contributed by atoms with Crippen LogP contribution in [0.5, 0.6) is 23.0 Å². The van der Waals surface area contributed by atoms with Gasteiger partial charge >= 0.3 is 0 Å². The normalized spacial score (nSPS) is 10.3. The molecule has 2 rings (SSSR count). The minimum atomic E-state index is -0.127. The van der Waals surface area contributed by atoms with E-state index in [1.165, 1.54) is 20.3 Å². The Labute approximate surface area is 135 Å². The van der Waals surface area contributed by atoms with Gasteiger partial charge in [0, 0.05) is 23.6 Å². The Bertz CT molecular complexity index is 651. The van der Waals surface area contributed by atoms with Gasteiger partial charge in [-0.1, -0.05) is 30.3 Å². The van der Waals surface area contributed by atoms with E-state index < -0.39 is 0 Å². The van der Waals surface area contributed by atoms with Gasteiger partial charge in [0.2, 0.25) is 0 Å². The number of Topliss-reactive ketones (excluding diaryl/α,β-unsaturated/α-hetero) is 1. The first-order chi connectivity index (χ1) is 11.1. The average molecular weight is 316 g/mol. The van der Waals surface area contributed by atoms with Crippen LogP contribution in [-0.2, 0) is 6.42 Å². The van der Waals surface area contributed by atoms with Crippen LogP contribution in [0.25, 0.3) is 0 Å². The molecule has 23 heavy (non-hydrogen) atoms. The van der Waals surface area contributed by atoms with Gasteiger partial charge in [-0.2, -0.15) is 0 Å². The van der Waals surface area contributed by atoms with Crippen molar-refractivity contribution < 1.29 is 24.5 Å². The van der Waals surface area contributed by atoms with Gasteiger partial charge in [0.25, 0.3) is 0 Å². The average Bonchev–Trinajstić information content (AvgIpc) is 2.58. The Balaban J connectivity index is 2.10. The summed E-state index contributed by atoms with van der Waals surface area (Å²) in [5, 5.41) is 20.3. The summed E-state index contributed by atoms with van der Waals surface area (Å²) < 4.78 is 10.1. The highest BCUT2D eigenvalue weighted by molar-refractivity contribution is 5.95. The molecule has 0 aliphatic carbocycles. The second kappa shape index (κ2) is 7.54. The Morgan fingerprint density at radius 2 is 1.57 bits per heavy atom. The molecule has 0 saturated heterocycles. The minimum Gasteiger partial charge on any atom is -0.504 e. The first kappa shape index (κ1) is 16.7. The molecule has 0 heterocycles. The maximum atomic E-state index is 12.1. The summed E-state index contributed by atoms with van der Waals surface area (Å²) in [7, 11) is 2.85. The van der Waals surface area contributed by atoms with Gasteiger partial charge in [-0.05, 0) is 12.8 Å². The molecule has 0 aromatic heterocycles. The summed E-state index contributed by atoms with van der Waals surface area (Å²) in [5.74, 6) is 0.225. The van der Waals surface area contributed by atoms with Crippen molar-refractivity contribution in [1.29, 1.82) is 0 Å². The highest BCUT2D eigenvalue weighted by Gasteiger charge is 2.18. The molecule has 0 aliphatic rings. The van der Waals surface area contributed by atoms with Crippen LogP contribution in [0.2, 0.25) is 0 Å². The van der Waals surface area contributed by atoms with Crippen LogP contribution < -0.4 is 9.47 Å². The molecule has 2 aromatic carbocycles. The molecule has 2 N–H and O–H groups in total. The number of rotatable bonds is 7. The molecule has 0 radical (unpaired) electrons. The van der Waals surface area contributed by atoms with Gasteiger partial charge in [0.05, 0.1) is 14.2 Å². The minimum absolute atomic E-state index is 0.0273. The number of phenols is 2. The van der Waals surface area contributed by atoms with Crippen LogP contribution in [0.3, 0.4) is 0 Å². The number of ether oxygens (including phenoxy) is 2. The molecule has 122 valence electrons. The summed E-state index contributed by atoms with van der Waals surface area (Å²) in [6.07, 6.45) is 1.15. The molecule has 0 aliphatic heterocycles. The fourth-order valence-corrected chi connectivity index (χ4v) is 2.41. The second-order valence-electron chi connectivity index (χ2n) is 5.10. The predicted molar refractivity (Wildman–Crippen MR) is 86.6 cm³/mol. The third-order valence-electron chi connectivity index (χ3n) is 3.67. The number of methoxy groups -OCH3 is 2. The van der Waals surface area contributed by atoms with E-state index in [4.69, 9.17) is 9.47 Å². The molecule has 0 fully saturated rings. The Hall–Kier alpha value is -2.69. The number of aromatic hydroxyl groups is 2. The van der Waals surface area contributed by atoms with E-state index >= 15 is 0 Å². The lowest BCUT2D eigenvalue weighted by Gasteiger charge is -2.14. The van der Waals surface area contributed by atoms with Crippen molar-refractivity contribution in [3.63, 3.8) is 0 Å². The zero-order valence-electron chi connectivity index (χ0n) is 13.2. The fraction of sp³-hybridized carbons (Fsp3) is 0.278. The number of carbonyl (C=O) groups excluding carboxylic acids is 1. The molecule has 0 unspecified atom stereocenters. The number of ketones is 1. The Morgan fingerprint density at radius 3 is 2.09 bits per heavy atom. The highest BCUT2D eigenvalue weighted by Crippen LogP contribution is 2.43. The Morgan fingerprint density at radius 1 is 1.00 bits per heavy atom. The maximum absolute atomic E-state index is 12.1. The molecule has 0 saturated carbocycles. The number of hydrogen-bond donors (Lipinski definition) is 2. The lowest BCUT2D eigenvalue weighted by atomic mass is 10.0. The third-order valence-corrected chi connectivity index (χ3v) is 3.67. The van der Waals surface area contributed by atoms with Gasteiger partial charge in [0.15, 0.2) is 28.8 Å². The van der Waals surface area contributed by atoms with Crippen LogP contribution in [0.15, 0.2) is 36.4 Å². The second-order valence-corrected chi connectivity index (χ2v) is 5.10. The van der Waals surface area contributed by atoms with Crippen LogP contribution in [0.1, 0.15) is 28.8 Å². The topological polar surface area (TPSA) is 76.0 Å². The van der Waals surface area contributed by atoms with E-state index in [1.807, 2.05) is 18.2 Å². The predicted octanol–water partition coefficient (Wildman–Crippen LogP) is 3.32. The quantitative estimate of drug-likeness (QED) is 0.766. The van der Waals surface area contributed by atoms with Crippen molar-refractivity contribution in [1.82, 2.24) is 0 Å². The van der Waals surface area contributed by atoms with Gasteiger partial charge < -0.3 is 19.7 Å². The van der Waals surface area contributed by atoms with E-state index in [9.17, 15) is 15.0 Å². The summed E-state index contributed by atoms with van der Waals surface area (Å²) in [4.78, 5) is 12.1. The summed E-state index contributed by atoms with van der Waals surface area (Å²) >= 11 is 0. The lowest BCUT2D eigenvalue weighted by Crippen LogP contribution is -2.00. The maximum Gasteiger partial charge on any atom is 0.164 e. The monoisotopic (exact) mass is 316 g/mol. The molecule has 5 heteroatoms. The summed E-state index contributed by atoms with van der Waals surface area (Å²) in [5.41, 5.74) is 0.978. The van der Waals surface area contributed by atoms with Gasteiger partial charge in [0.1, 0.15) is 0 Å². The van der Waals surface area contributed by atoms with Crippen molar-refractivity contribution in [2.45, 2.75) is 19.3 Å². The zero-order valence-corrected chi connectivity index (χ0v) is 13.2. The Kier molecular flexibility index (Phi) is 5.46. The van der Waals surface area contributed by atoms with Crippen molar-refractivity contribution in [3.8, 4) is 23.0 Å². The van der Waals surface area contributed by atoms with Crippen molar-refractivity contribution in [3.05, 3.63) is 47.5 Å². The van der Waals surface area contributed by atoms with Crippen LogP contribution in [0.4, 0.5) is 0 Å². The lowest BCUT2D eigenvalue weighted by molar-refractivity contribution is 0.0980. The van der Waals surface area contributed by atoms with Gasteiger partial charge in [-0.15, -0.1) is 0 Å². The van der Waals surface area contributed by atoms with Crippen LogP contribution in [0, 0.1) is 0 Å². The number of hydrogen-bond acceptors (Lipinski definition) is 5. The van der Waals surface area contributed by atoms with Crippen molar-refractivity contribution in [2.75, 3.05) is 14.2 Å². The van der Waals surface area contributed by atoms with Crippen molar-refractivity contribution >= 4 is 5.78 Å². The summed E-state index contributed by atoms with van der Waals surface area (Å²) in [6, 6.07) is 10.5. The van der Waals surface area contributed by atoms with Gasteiger partial charge in [-0.25, -0.2) is 0 Å². The summed E-state index contributed by atoms with van der Waals surface area (Å²) in [6.45, 7) is 0. The number of benzene rings is 2. The number of carbonyl (C=O) groups is 1. The SMILES string of the molecule is COc1cc(OC)c(O)c(CCCC(=O)c2ccccc2)c1O. The standard InChI is InChI=1S/C18H20O5/c1-22-15-11-16(23-2)18(21)13(17(15)20)9-6-10-14(19)12-7-4-3-5-8-12/h3-5,7-8,11,20-21H,6,9-10H2,1-2H3. The molecule has 0 atom stereocenters. The van der Waals surface area contributed by atoms with Crippen molar-refractivity contribution in [2.24, 2.45) is 0 Å². The molecule has 0 spiro atoms. The first-order valence-corrected chi connectivity index (χ1v) is 7.32. The van der Waals surface area contributed by atoms with E-state index in [2.05, 4.69) is 0 Å². The zero-order chi connectivity index (χ0) is 16.8. The van der Waals surface area contributed by atoms with E-state index in [1.54, 1.807) is 12.1 Å². The molecular formula is C18H20O5. The van der Waals surface area contributed by atoms with E-state index in [-0.39, 0.29) is 28.8 Å². The van der Waals surface area contributed by atoms with E-state index in [0.717, 1.165) is 0 Å². The van der Waals surface area contributed by atoms with Crippen LogP contribution in [-0.4, -0.2) is 30.2 Å². The van der Waals surface area contributed by atoms with Gasteiger partial charge in [-0.3, -0.25) is 4.79 Å². The largest absolute Gasteiger partial charge is 0.504 e. The molecule has 0 amide bonds. The first-order valence-electron chi connectivity index (χ1n) is 7.32. The van der Waals surface area contributed by atoms with Crippen LogP contribution >= 0.6 is 0 Å². The molecular weight excluding hydrogens is 296 g/mol. The molecule has 2 aromatic rings. The van der Waals surface area contributed by atoms with E-state index in [0.29, 0.717) is 30.4 Å². The molecule has 5 nitrogen and oxygen atoms in total. The molecule has 0 bridgehead atoms. The smallest absolute Gasteiger partial charge is 0.164 e. The highest BCUT2D eigenvalue weighted by atomic mass is 16.5. The number of phenolic OH excluding ortho intramolecular Hbond substituents is 2. The fourth-order valence-electron chi connectivity index (χ4n) is 2.41.